The number of halogens is 2. The van der Waals surface area contributed by atoms with Crippen LogP contribution in [0.25, 0.3) is 11.1 Å². The third kappa shape index (κ3) is 3.36. The number of carbonyl (C=O) groups excluding carboxylic acids is 1. The van der Waals surface area contributed by atoms with Crippen LogP contribution in [0.1, 0.15) is 36.0 Å². The summed E-state index contributed by atoms with van der Waals surface area (Å²) in [6.45, 7) is 0. The summed E-state index contributed by atoms with van der Waals surface area (Å²) >= 11 is 5.90. The van der Waals surface area contributed by atoms with Crippen LogP contribution < -0.4 is 5.32 Å². The van der Waals surface area contributed by atoms with Gasteiger partial charge in [-0.3, -0.25) is 4.79 Å². The van der Waals surface area contributed by atoms with Crippen molar-refractivity contribution in [1.29, 1.82) is 0 Å². The molecule has 2 aliphatic heterocycles. The molecule has 0 saturated carbocycles. The minimum absolute atomic E-state index is 0.135. The third-order valence-electron chi connectivity index (χ3n) is 5.69. The molecule has 0 spiro atoms. The Morgan fingerprint density at radius 1 is 1.08 bits per heavy atom. The van der Waals surface area contributed by atoms with Crippen molar-refractivity contribution >= 4 is 17.5 Å². The van der Waals surface area contributed by atoms with Crippen molar-refractivity contribution < 1.29 is 9.18 Å². The van der Waals surface area contributed by atoms with Crippen molar-refractivity contribution in [3.63, 3.8) is 0 Å². The Labute approximate surface area is 158 Å². The third-order valence-corrected chi connectivity index (χ3v) is 5.95. The Morgan fingerprint density at radius 3 is 2.31 bits per heavy atom. The molecule has 136 valence electrons. The first-order valence-corrected chi connectivity index (χ1v) is 9.48. The summed E-state index contributed by atoms with van der Waals surface area (Å²) in [6, 6.07) is 13.2. The molecule has 2 fully saturated rings. The topological polar surface area (TPSA) is 32.3 Å². The van der Waals surface area contributed by atoms with E-state index in [1.54, 1.807) is 36.2 Å². The maximum atomic E-state index is 14.7. The van der Waals surface area contributed by atoms with Gasteiger partial charge in [0, 0.05) is 30.2 Å². The van der Waals surface area contributed by atoms with E-state index in [-0.39, 0.29) is 17.5 Å². The van der Waals surface area contributed by atoms with Gasteiger partial charge < -0.3 is 10.2 Å². The molecule has 1 N–H and O–H groups in total. The lowest BCUT2D eigenvalue weighted by molar-refractivity contribution is 0.0677. The minimum atomic E-state index is -0.480. The van der Waals surface area contributed by atoms with E-state index in [1.807, 2.05) is 12.1 Å². The number of nitrogens with zero attached hydrogens (tertiary/aromatic N) is 1. The van der Waals surface area contributed by atoms with Gasteiger partial charge >= 0.3 is 0 Å². The highest BCUT2D eigenvalue weighted by Gasteiger charge is 2.36. The minimum Gasteiger partial charge on any atom is -0.339 e. The normalized spacial score (nSPS) is 24.5. The molecule has 2 unspecified atom stereocenters. The zero-order valence-electron chi connectivity index (χ0n) is 14.7. The summed E-state index contributed by atoms with van der Waals surface area (Å²) in [5, 5.41) is 4.21. The van der Waals surface area contributed by atoms with Gasteiger partial charge in [-0.2, -0.15) is 0 Å². The van der Waals surface area contributed by atoms with Gasteiger partial charge in [0.05, 0.1) is 5.56 Å². The average Bonchev–Trinajstić information content (AvgIpc) is 2.99. The largest absolute Gasteiger partial charge is 0.339 e. The van der Waals surface area contributed by atoms with E-state index in [4.69, 9.17) is 11.6 Å². The molecular formula is C21H22ClFN2O. The molecule has 1 amide bonds. The van der Waals surface area contributed by atoms with Crippen molar-refractivity contribution in [2.24, 2.45) is 0 Å². The standard InChI is InChI=1S/C21H22ClFN2O/c1-25(18-11-16-7-8-17(12-18)24-16)21(26)19-9-4-14(10-20(19)23)13-2-5-15(22)6-3-13/h2-6,9-10,16-18,24H,7-8,11-12H2,1H3. The fourth-order valence-corrected chi connectivity index (χ4v) is 4.34. The summed E-state index contributed by atoms with van der Waals surface area (Å²) in [7, 11) is 1.80. The Hall–Kier alpha value is -1.91. The number of hydrogen-bond acceptors (Lipinski definition) is 2. The smallest absolute Gasteiger partial charge is 0.256 e. The molecule has 4 rings (SSSR count). The maximum Gasteiger partial charge on any atom is 0.256 e. The Bertz CT molecular complexity index is 811. The van der Waals surface area contributed by atoms with Gasteiger partial charge in [-0.15, -0.1) is 0 Å². The summed E-state index contributed by atoms with van der Waals surface area (Å²) < 4.78 is 14.7. The predicted octanol–water partition coefficient (Wildman–Crippen LogP) is 4.50. The SMILES string of the molecule is CN(C(=O)c1ccc(-c2ccc(Cl)cc2)cc1F)C1CC2CCC(C1)N2. The van der Waals surface area contributed by atoms with Crippen LogP contribution in [-0.2, 0) is 0 Å². The summed E-state index contributed by atoms with van der Waals surface area (Å²) in [4.78, 5) is 14.6. The van der Waals surface area contributed by atoms with Gasteiger partial charge in [0.2, 0.25) is 0 Å². The fourth-order valence-electron chi connectivity index (χ4n) is 4.21. The predicted molar refractivity (Wildman–Crippen MR) is 102 cm³/mol. The van der Waals surface area contributed by atoms with Crippen LogP contribution in [-0.4, -0.2) is 36.0 Å². The van der Waals surface area contributed by atoms with Gasteiger partial charge in [0.1, 0.15) is 5.82 Å². The zero-order chi connectivity index (χ0) is 18.3. The number of amides is 1. The van der Waals surface area contributed by atoms with Gasteiger partial charge in [-0.25, -0.2) is 4.39 Å². The molecule has 2 heterocycles. The molecule has 2 aromatic carbocycles. The summed E-state index contributed by atoms with van der Waals surface area (Å²) in [5.74, 6) is -0.720. The Balaban J connectivity index is 1.53. The van der Waals surface area contributed by atoms with Crippen LogP contribution >= 0.6 is 11.6 Å². The maximum absolute atomic E-state index is 14.7. The molecule has 2 atom stereocenters. The Morgan fingerprint density at radius 2 is 1.69 bits per heavy atom. The van der Waals surface area contributed by atoms with E-state index < -0.39 is 5.82 Å². The molecule has 3 nitrogen and oxygen atoms in total. The van der Waals surface area contributed by atoms with Crippen molar-refractivity contribution in [3.8, 4) is 11.1 Å². The number of fused-ring (bicyclic) bond motifs is 2. The highest BCUT2D eigenvalue weighted by atomic mass is 35.5. The molecule has 5 heteroatoms. The van der Waals surface area contributed by atoms with E-state index >= 15 is 0 Å². The van der Waals surface area contributed by atoms with E-state index in [0.717, 1.165) is 24.0 Å². The second-order valence-corrected chi connectivity index (χ2v) is 7.82. The first kappa shape index (κ1) is 17.5. The van der Waals surface area contributed by atoms with E-state index in [0.29, 0.717) is 17.1 Å². The second kappa shape index (κ2) is 7.01. The first-order chi connectivity index (χ1) is 12.5. The number of piperidine rings is 1. The number of carbonyl (C=O) groups is 1. The van der Waals surface area contributed by atoms with Gasteiger partial charge in [0.15, 0.2) is 0 Å². The second-order valence-electron chi connectivity index (χ2n) is 7.38. The van der Waals surface area contributed by atoms with E-state index in [1.165, 1.54) is 18.9 Å². The van der Waals surface area contributed by atoms with Crippen molar-refractivity contribution in [3.05, 3.63) is 58.9 Å². The quantitative estimate of drug-likeness (QED) is 0.860. The highest BCUT2D eigenvalue weighted by molar-refractivity contribution is 6.30. The van der Waals surface area contributed by atoms with Crippen molar-refractivity contribution in [1.82, 2.24) is 10.2 Å². The molecule has 2 saturated heterocycles. The zero-order valence-corrected chi connectivity index (χ0v) is 15.5. The molecule has 2 bridgehead atoms. The van der Waals surface area contributed by atoms with Crippen LogP contribution in [0.2, 0.25) is 5.02 Å². The monoisotopic (exact) mass is 372 g/mol. The molecule has 2 aliphatic rings. The summed E-state index contributed by atoms with van der Waals surface area (Å²) in [5.41, 5.74) is 1.74. The van der Waals surface area contributed by atoms with Crippen molar-refractivity contribution in [2.45, 2.75) is 43.8 Å². The van der Waals surface area contributed by atoms with Gasteiger partial charge in [-0.05, 0) is 61.1 Å². The fraction of sp³-hybridized carbons (Fsp3) is 0.381. The lowest BCUT2D eigenvalue weighted by Gasteiger charge is -2.35. The van der Waals surface area contributed by atoms with E-state index in [2.05, 4.69) is 5.32 Å². The first-order valence-electron chi connectivity index (χ1n) is 9.10. The molecule has 0 aliphatic carbocycles. The average molecular weight is 373 g/mol. The lowest BCUT2D eigenvalue weighted by atomic mass is 9.97. The van der Waals surface area contributed by atoms with Gasteiger partial charge in [0.25, 0.3) is 5.91 Å². The van der Waals surface area contributed by atoms with Crippen LogP contribution in [0.4, 0.5) is 4.39 Å². The highest BCUT2D eigenvalue weighted by Crippen LogP contribution is 2.30. The van der Waals surface area contributed by atoms with Crippen molar-refractivity contribution in [2.75, 3.05) is 7.05 Å². The molecule has 0 aromatic heterocycles. The Kier molecular flexibility index (Phi) is 4.72. The van der Waals surface area contributed by atoms with Crippen LogP contribution in [0, 0.1) is 5.82 Å². The van der Waals surface area contributed by atoms with Gasteiger partial charge in [-0.1, -0.05) is 29.8 Å². The molecular weight excluding hydrogens is 351 g/mol. The number of rotatable bonds is 3. The summed E-state index contributed by atoms with van der Waals surface area (Å²) in [6.07, 6.45) is 4.24. The van der Waals surface area contributed by atoms with Crippen LogP contribution in [0.5, 0.6) is 0 Å². The number of benzene rings is 2. The number of nitrogens with one attached hydrogen (secondary N) is 1. The molecule has 2 aromatic rings. The lowest BCUT2D eigenvalue weighted by Crippen LogP contribution is -2.48. The van der Waals surface area contributed by atoms with E-state index in [9.17, 15) is 9.18 Å². The molecule has 26 heavy (non-hydrogen) atoms. The van der Waals surface area contributed by atoms with Crippen LogP contribution in [0.3, 0.4) is 0 Å². The molecule has 0 radical (unpaired) electrons. The van der Waals surface area contributed by atoms with Crippen LogP contribution in [0.15, 0.2) is 42.5 Å². The number of hydrogen-bond donors (Lipinski definition) is 1.